The van der Waals surface area contributed by atoms with Crippen molar-refractivity contribution in [1.82, 2.24) is 0 Å². The lowest BCUT2D eigenvalue weighted by Gasteiger charge is -2.49. The number of hydrogen-bond donors (Lipinski definition) is 0. The molecule has 1 aliphatic carbocycles. The number of ether oxygens (including phenoxy) is 1. The lowest BCUT2D eigenvalue weighted by atomic mass is 9.85. The van der Waals surface area contributed by atoms with E-state index in [9.17, 15) is 4.79 Å². The summed E-state index contributed by atoms with van der Waals surface area (Å²) in [6, 6.07) is 10.6. The molecular formula is C25H40O4Si2. The number of carbonyl (C=O) groups excluding carboxylic acids is 1. The Hall–Kier alpha value is -1.40. The molecule has 0 bridgehead atoms. The van der Waals surface area contributed by atoms with Gasteiger partial charge in [0.25, 0.3) is 0 Å². The molecule has 1 saturated carbocycles. The van der Waals surface area contributed by atoms with E-state index in [1.54, 1.807) is 0 Å². The summed E-state index contributed by atoms with van der Waals surface area (Å²) < 4.78 is 18.8. The average molecular weight is 461 g/mol. The largest absolute Gasteiger partial charge is 0.459 e. The highest BCUT2D eigenvalue weighted by Crippen LogP contribution is 2.54. The Bertz CT molecular complexity index is 812. The summed E-state index contributed by atoms with van der Waals surface area (Å²) in [6.45, 7) is 18.0. The molecule has 0 spiro atoms. The average Bonchev–Trinajstić information content (AvgIpc) is 2.96. The van der Waals surface area contributed by atoms with Crippen LogP contribution < -0.4 is 0 Å². The minimum Gasteiger partial charge on any atom is -0.459 e. The molecule has 1 fully saturated rings. The van der Waals surface area contributed by atoms with E-state index in [4.69, 9.17) is 13.6 Å². The molecule has 31 heavy (non-hydrogen) atoms. The molecule has 0 aliphatic heterocycles. The van der Waals surface area contributed by atoms with Gasteiger partial charge < -0.3 is 13.6 Å². The summed E-state index contributed by atoms with van der Waals surface area (Å²) in [6.07, 6.45) is 2.36. The second-order valence-corrected chi connectivity index (χ2v) is 20.2. The lowest BCUT2D eigenvalue weighted by Crippen LogP contribution is -2.56. The van der Waals surface area contributed by atoms with Gasteiger partial charge >= 0.3 is 5.97 Å². The van der Waals surface area contributed by atoms with Gasteiger partial charge in [0.05, 0.1) is 7.11 Å². The third-order valence-electron chi connectivity index (χ3n) is 6.49. The zero-order valence-electron chi connectivity index (χ0n) is 20.8. The van der Waals surface area contributed by atoms with Gasteiger partial charge in [-0.3, -0.25) is 0 Å². The first-order valence-corrected chi connectivity index (χ1v) is 17.5. The predicted octanol–water partition coefficient (Wildman–Crippen LogP) is 6.32. The van der Waals surface area contributed by atoms with E-state index in [1.807, 2.05) is 6.07 Å². The van der Waals surface area contributed by atoms with Gasteiger partial charge in [-0.05, 0) is 55.7 Å². The molecule has 4 nitrogen and oxygen atoms in total. The molecule has 3 atom stereocenters. The molecule has 0 amide bonds. The van der Waals surface area contributed by atoms with E-state index in [2.05, 4.69) is 89.6 Å². The molecule has 1 aromatic carbocycles. The molecule has 0 unspecified atom stereocenters. The predicted molar refractivity (Wildman–Crippen MR) is 132 cm³/mol. The summed E-state index contributed by atoms with van der Waals surface area (Å²) in [5.74, 6) is 4.85. The first kappa shape index (κ1) is 25.9. The van der Waals surface area contributed by atoms with E-state index in [0.717, 1.165) is 12.8 Å². The first-order valence-electron chi connectivity index (χ1n) is 11.2. The molecule has 6 heteroatoms. The fourth-order valence-electron chi connectivity index (χ4n) is 4.11. The highest BCUT2D eigenvalue weighted by atomic mass is 28.4. The van der Waals surface area contributed by atoms with Gasteiger partial charge in [-0.25, -0.2) is 4.79 Å². The Morgan fingerprint density at radius 2 is 1.71 bits per heavy atom. The molecule has 1 aromatic rings. The Morgan fingerprint density at radius 1 is 1.10 bits per heavy atom. The van der Waals surface area contributed by atoms with Crippen molar-refractivity contribution in [2.24, 2.45) is 5.92 Å². The fraction of sp³-hybridized carbons (Fsp3) is 0.640. The van der Waals surface area contributed by atoms with Gasteiger partial charge in [0.1, 0.15) is 0 Å². The zero-order valence-corrected chi connectivity index (χ0v) is 22.8. The van der Waals surface area contributed by atoms with Gasteiger partial charge in [0.15, 0.2) is 22.4 Å². The number of hydrogen-bond acceptors (Lipinski definition) is 4. The van der Waals surface area contributed by atoms with Crippen molar-refractivity contribution in [3.8, 4) is 11.8 Å². The van der Waals surface area contributed by atoms with Gasteiger partial charge in [0, 0.05) is 24.7 Å². The van der Waals surface area contributed by atoms with Crippen LogP contribution in [0.25, 0.3) is 0 Å². The molecule has 172 valence electrons. The third-order valence-corrected chi connectivity index (χ3v) is 11.9. The van der Waals surface area contributed by atoms with Crippen LogP contribution in [0, 0.1) is 17.8 Å². The van der Waals surface area contributed by atoms with Crippen LogP contribution in [0.4, 0.5) is 0 Å². The normalized spacial score (nSPS) is 24.4. The Labute approximate surface area is 191 Å². The van der Waals surface area contributed by atoms with Crippen LogP contribution in [0.2, 0.25) is 37.8 Å². The molecule has 0 N–H and O–H groups in total. The third kappa shape index (κ3) is 6.55. The minimum atomic E-state index is -2.12. The van der Waals surface area contributed by atoms with Crippen molar-refractivity contribution in [2.75, 3.05) is 7.11 Å². The van der Waals surface area contributed by atoms with Crippen LogP contribution in [0.3, 0.4) is 0 Å². The maximum Gasteiger partial charge on any atom is 0.384 e. The zero-order chi connectivity index (χ0) is 23.5. The fourth-order valence-corrected chi connectivity index (χ4v) is 6.99. The van der Waals surface area contributed by atoms with Crippen molar-refractivity contribution in [3.63, 3.8) is 0 Å². The van der Waals surface area contributed by atoms with Crippen molar-refractivity contribution < 1.29 is 18.4 Å². The van der Waals surface area contributed by atoms with E-state index >= 15 is 0 Å². The Kier molecular flexibility index (Phi) is 8.02. The van der Waals surface area contributed by atoms with E-state index in [1.165, 1.54) is 12.7 Å². The highest BCUT2D eigenvalue weighted by Gasteiger charge is 2.56. The number of esters is 1. The van der Waals surface area contributed by atoms with Gasteiger partial charge in [-0.2, -0.15) is 0 Å². The monoisotopic (exact) mass is 460 g/mol. The standard InChI is InChI=1S/C25H40O4Si2/c1-24(2,3)31(8,9)29-25(28-30(5,6)7)19-18-21(20-14-11-10-12-15-20)22(25)16-13-17-23(26)27-4/h10-12,14-15,21-22H,16,18-19H2,1-9H3/t21-,22-,25+/m1/s1. The van der Waals surface area contributed by atoms with E-state index in [0.29, 0.717) is 6.42 Å². The summed E-state index contributed by atoms with van der Waals surface area (Å²) in [7, 11) is -2.70. The maximum atomic E-state index is 11.6. The molecule has 1 aliphatic rings. The lowest BCUT2D eigenvalue weighted by molar-refractivity contribution is -0.157. The quantitative estimate of drug-likeness (QED) is 0.164. The topological polar surface area (TPSA) is 44.8 Å². The van der Waals surface area contributed by atoms with Crippen LogP contribution in [0.1, 0.15) is 51.5 Å². The van der Waals surface area contributed by atoms with E-state index in [-0.39, 0.29) is 16.9 Å². The highest BCUT2D eigenvalue weighted by molar-refractivity contribution is 6.74. The first-order chi connectivity index (χ1) is 14.2. The van der Waals surface area contributed by atoms with Crippen molar-refractivity contribution >= 4 is 22.6 Å². The second kappa shape index (κ2) is 9.62. The Morgan fingerprint density at radius 3 is 2.23 bits per heavy atom. The molecule has 0 aromatic heterocycles. The van der Waals surface area contributed by atoms with Crippen molar-refractivity contribution in [1.29, 1.82) is 0 Å². The maximum absolute atomic E-state index is 11.6. The molecule has 0 heterocycles. The molecule has 2 rings (SSSR count). The van der Waals surface area contributed by atoms with Crippen LogP contribution in [0.15, 0.2) is 30.3 Å². The molecular weight excluding hydrogens is 420 g/mol. The van der Waals surface area contributed by atoms with Crippen LogP contribution in [-0.4, -0.2) is 35.5 Å². The minimum absolute atomic E-state index is 0.0490. The van der Waals surface area contributed by atoms with Crippen LogP contribution in [-0.2, 0) is 18.4 Å². The van der Waals surface area contributed by atoms with Gasteiger partial charge in [0.2, 0.25) is 0 Å². The van der Waals surface area contributed by atoms with Gasteiger partial charge in [-0.15, -0.1) is 0 Å². The summed E-state index contributed by atoms with van der Waals surface area (Å²) in [5.41, 5.74) is 1.28. The molecule has 0 saturated heterocycles. The van der Waals surface area contributed by atoms with Crippen molar-refractivity contribution in [2.45, 2.75) is 89.5 Å². The summed E-state index contributed by atoms with van der Waals surface area (Å²) in [5, 5.41) is 0.0654. The number of benzene rings is 1. The number of carbonyl (C=O) groups is 1. The Balaban J connectivity index is 2.54. The smallest absolute Gasteiger partial charge is 0.384 e. The number of methoxy groups -OCH3 is 1. The van der Waals surface area contributed by atoms with E-state index < -0.39 is 28.4 Å². The number of rotatable bonds is 6. The molecule has 0 radical (unpaired) electrons. The summed E-state index contributed by atoms with van der Waals surface area (Å²) in [4.78, 5) is 11.6. The van der Waals surface area contributed by atoms with Crippen LogP contribution >= 0.6 is 0 Å². The van der Waals surface area contributed by atoms with Crippen molar-refractivity contribution in [3.05, 3.63) is 35.9 Å². The second-order valence-electron chi connectivity index (χ2n) is 11.0. The SMILES string of the molecule is COC(=O)C#CC[C@@H]1[C@@H](c2ccccc2)CC[C@]1(O[Si](C)(C)C)O[Si](C)(C)C(C)(C)C. The van der Waals surface area contributed by atoms with Gasteiger partial charge in [-0.1, -0.05) is 57.0 Å². The van der Waals surface area contributed by atoms with Crippen LogP contribution in [0.5, 0.6) is 0 Å². The summed E-state index contributed by atoms with van der Waals surface area (Å²) >= 11 is 0.